The smallest absolute Gasteiger partial charge is 0.411 e. The van der Waals surface area contributed by atoms with Gasteiger partial charge in [0.2, 0.25) is 0 Å². The number of nitrogens with zero attached hydrogens (tertiary/aromatic N) is 2. The molecule has 0 spiro atoms. The van der Waals surface area contributed by atoms with Gasteiger partial charge in [-0.2, -0.15) is 0 Å². The van der Waals surface area contributed by atoms with Crippen molar-refractivity contribution < 1.29 is 19.4 Å². The summed E-state index contributed by atoms with van der Waals surface area (Å²) in [5.74, 6) is -0.158. The van der Waals surface area contributed by atoms with Crippen molar-refractivity contribution in [2.75, 3.05) is 26.7 Å². The minimum absolute atomic E-state index is 0.266. The third-order valence-corrected chi connectivity index (χ3v) is 4.68. The maximum atomic E-state index is 12.3. The van der Waals surface area contributed by atoms with Crippen LogP contribution in [0.25, 0.3) is 0 Å². The number of carboxylic acid groups (broad SMARTS) is 1. The van der Waals surface area contributed by atoms with E-state index >= 15 is 0 Å². The van der Waals surface area contributed by atoms with Crippen LogP contribution in [0.15, 0.2) is 0 Å². The number of rotatable bonds is 2. The van der Waals surface area contributed by atoms with Gasteiger partial charge in [0.15, 0.2) is 0 Å². The van der Waals surface area contributed by atoms with Gasteiger partial charge in [0.25, 0.3) is 0 Å². The van der Waals surface area contributed by atoms with Crippen molar-refractivity contribution in [3.05, 3.63) is 0 Å². The molecule has 22 heavy (non-hydrogen) atoms. The Balaban J connectivity index is 2.03. The molecule has 0 saturated carbocycles. The van der Waals surface area contributed by atoms with Crippen LogP contribution in [-0.4, -0.2) is 65.3 Å². The van der Waals surface area contributed by atoms with E-state index in [1.165, 1.54) is 4.90 Å². The quantitative estimate of drug-likeness (QED) is 0.845. The fraction of sp³-hybridized carbons (Fsp3) is 0.875. The maximum absolute atomic E-state index is 12.3. The molecule has 126 valence electrons. The number of carboxylic acids is 1. The molecule has 2 aliphatic heterocycles. The summed E-state index contributed by atoms with van der Waals surface area (Å²) >= 11 is 0. The summed E-state index contributed by atoms with van der Waals surface area (Å²) in [6.45, 7) is 7.98. The molecule has 0 aromatic rings. The molecule has 2 heterocycles. The standard InChI is InChI=1S/C16H28N2O4/c1-16(2,3)22-15(21)18-10-12(9-13(18)14(19)20)11-5-7-17(4)8-6-11/h11-13H,5-10H2,1-4H3,(H,19,20)/t12?,13-/m0/s1. The number of ether oxygens (including phenoxy) is 1. The molecule has 2 aliphatic rings. The highest BCUT2D eigenvalue weighted by Gasteiger charge is 2.44. The van der Waals surface area contributed by atoms with Gasteiger partial charge in [0.05, 0.1) is 0 Å². The summed E-state index contributed by atoms with van der Waals surface area (Å²) in [6, 6.07) is -0.750. The lowest BCUT2D eigenvalue weighted by atomic mass is 9.83. The van der Waals surface area contributed by atoms with Crippen LogP contribution in [0.2, 0.25) is 0 Å². The van der Waals surface area contributed by atoms with Crippen LogP contribution < -0.4 is 0 Å². The highest BCUT2D eigenvalue weighted by Crippen LogP contribution is 2.35. The molecule has 0 aromatic carbocycles. The number of hydrogen-bond donors (Lipinski definition) is 1. The minimum atomic E-state index is -0.929. The first-order chi connectivity index (χ1) is 10.2. The molecule has 6 heteroatoms. The Hall–Kier alpha value is -1.30. The van der Waals surface area contributed by atoms with Crippen LogP contribution in [0.1, 0.15) is 40.0 Å². The van der Waals surface area contributed by atoms with Gasteiger partial charge in [0, 0.05) is 6.54 Å². The number of carbonyl (C=O) groups excluding carboxylic acids is 1. The highest BCUT2D eigenvalue weighted by molar-refractivity contribution is 5.81. The number of piperidine rings is 1. The average Bonchev–Trinajstić information content (AvgIpc) is 2.83. The summed E-state index contributed by atoms with van der Waals surface area (Å²) in [5.41, 5.74) is -0.605. The Morgan fingerprint density at radius 2 is 1.73 bits per heavy atom. The van der Waals surface area contributed by atoms with Crippen molar-refractivity contribution in [3.63, 3.8) is 0 Å². The Morgan fingerprint density at radius 1 is 1.14 bits per heavy atom. The summed E-state index contributed by atoms with van der Waals surface area (Å²) in [6.07, 6.45) is 2.20. The van der Waals surface area contributed by atoms with E-state index in [1.807, 2.05) is 0 Å². The first kappa shape index (κ1) is 17.1. The summed E-state index contributed by atoms with van der Waals surface area (Å²) in [4.78, 5) is 27.5. The molecule has 2 fully saturated rings. The number of likely N-dealkylation sites (tertiary alicyclic amines) is 2. The van der Waals surface area contributed by atoms with E-state index in [-0.39, 0.29) is 5.92 Å². The van der Waals surface area contributed by atoms with Gasteiger partial charge >= 0.3 is 12.1 Å². The van der Waals surface area contributed by atoms with E-state index in [9.17, 15) is 14.7 Å². The maximum Gasteiger partial charge on any atom is 0.411 e. The number of hydrogen-bond acceptors (Lipinski definition) is 4. The van der Waals surface area contributed by atoms with Crippen molar-refractivity contribution in [1.29, 1.82) is 0 Å². The van der Waals surface area contributed by atoms with E-state index in [0.29, 0.717) is 18.9 Å². The highest BCUT2D eigenvalue weighted by atomic mass is 16.6. The zero-order valence-electron chi connectivity index (χ0n) is 14.0. The van der Waals surface area contributed by atoms with Crippen molar-refractivity contribution in [1.82, 2.24) is 9.80 Å². The Bertz CT molecular complexity index is 424. The van der Waals surface area contributed by atoms with E-state index < -0.39 is 23.7 Å². The molecule has 2 saturated heterocycles. The number of carbonyl (C=O) groups is 2. The van der Waals surface area contributed by atoms with E-state index in [0.717, 1.165) is 25.9 Å². The second-order valence-corrected chi connectivity index (χ2v) is 7.62. The molecular weight excluding hydrogens is 284 g/mol. The lowest BCUT2D eigenvalue weighted by molar-refractivity contribution is -0.142. The number of aliphatic carboxylic acids is 1. The Kier molecular flexibility index (Phi) is 5.00. The summed E-state index contributed by atoms with van der Waals surface area (Å²) in [7, 11) is 2.11. The first-order valence-electron chi connectivity index (χ1n) is 8.08. The molecule has 6 nitrogen and oxygen atoms in total. The minimum Gasteiger partial charge on any atom is -0.480 e. The largest absolute Gasteiger partial charge is 0.480 e. The molecular formula is C16H28N2O4. The first-order valence-corrected chi connectivity index (χ1v) is 8.08. The molecule has 0 bridgehead atoms. The second-order valence-electron chi connectivity index (χ2n) is 7.62. The van der Waals surface area contributed by atoms with Crippen molar-refractivity contribution in [2.45, 2.75) is 51.7 Å². The SMILES string of the molecule is CN1CCC(C2C[C@@H](C(=O)O)N(C(=O)OC(C)(C)C)C2)CC1. The van der Waals surface area contributed by atoms with Crippen LogP contribution in [0.5, 0.6) is 0 Å². The van der Waals surface area contributed by atoms with Crippen molar-refractivity contribution in [3.8, 4) is 0 Å². The van der Waals surface area contributed by atoms with Gasteiger partial charge in [-0.05, 0) is 72.0 Å². The predicted molar refractivity (Wildman–Crippen MR) is 82.7 cm³/mol. The van der Waals surface area contributed by atoms with Gasteiger partial charge in [-0.25, -0.2) is 9.59 Å². The van der Waals surface area contributed by atoms with Crippen LogP contribution in [0.4, 0.5) is 4.79 Å². The topological polar surface area (TPSA) is 70.1 Å². The van der Waals surface area contributed by atoms with Crippen LogP contribution in [0, 0.1) is 11.8 Å². The molecule has 1 N–H and O–H groups in total. The van der Waals surface area contributed by atoms with Gasteiger partial charge < -0.3 is 14.7 Å². The van der Waals surface area contributed by atoms with Gasteiger partial charge in [0.1, 0.15) is 11.6 Å². The second kappa shape index (κ2) is 6.44. The molecule has 2 rings (SSSR count). The third kappa shape index (κ3) is 4.12. The monoisotopic (exact) mass is 312 g/mol. The van der Waals surface area contributed by atoms with Gasteiger partial charge in [-0.15, -0.1) is 0 Å². The Labute approximate surface area is 132 Å². The van der Waals surface area contributed by atoms with Crippen LogP contribution in [0.3, 0.4) is 0 Å². The van der Waals surface area contributed by atoms with Gasteiger partial charge in [-0.1, -0.05) is 0 Å². The van der Waals surface area contributed by atoms with Crippen LogP contribution >= 0.6 is 0 Å². The average molecular weight is 312 g/mol. The molecule has 0 radical (unpaired) electrons. The van der Waals surface area contributed by atoms with E-state index in [4.69, 9.17) is 4.74 Å². The number of amides is 1. The van der Waals surface area contributed by atoms with Crippen LogP contribution in [-0.2, 0) is 9.53 Å². The van der Waals surface area contributed by atoms with Crippen molar-refractivity contribution in [2.24, 2.45) is 11.8 Å². The fourth-order valence-corrected chi connectivity index (χ4v) is 3.47. The fourth-order valence-electron chi connectivity index (χ4n) is 3.47. The molecule has 1 amide bonds. The van der Waals surface area contributed by atoms with E-state index in [1.54, 1.807) is 20.8 Å². The van der Waals surface area contributed by atoms with E-state index in [2.05, 4.69) is 11.9 Å². The summed E-state index contributed by atoms with van der Waals surface area (Å²) < 4.78 is 5.37. The molecule has 0 aromatic heterocycles. The normalized spacial score (nSPS) is 27.9. The zero-order valence-corrected chi connectivity index (χ0v) is 14.0. The predicted octanol–water partition coefficient (Wildman–Crippen LogP) is 2.04. The van der Waals surface area contributed by atoms with Crippen molar-refractivity contribution >= 4 is 12.1 Å². The van der Waals surface area contributed by atoms with Gasteiger partial charge in [-0.3, -0.25) is 4.90 Å². The Morgan fingerprint density at radius 3 is 2.23 bits per heavy atom. The third-order valence-electron chi connectivity index (χ3n) is 4.68. The zero-order chi connectivity index (χ0) is 16.5. The molecule has 0 aliphatic carbocycles. The lowest BCUT2D eigenvalue weighted by Gasteiger charge is -2.32. The molecule has 1 unspecified atom stereocenters. The summed E-state index contributed by atoms with van der Waals surface area (Å²) in [5, 5.41) is 9.43. The molecule has 2 atom stereocenters. The lowest BCUT2D eigenvalue weighted by Crippen LogP contribution is -2.43.